The lowest BCUT2D eigenvalue weighted by Crippen LogP contribution is -2.40. The standard InChI is InChI=1S/C28H31NO2.C22H27NO2.C21H27NO/c30-28(31-22-25-15-8-3-9-16-25)26-17-10-18-27(19-26)29(20-23-11-4-1-5-12-23)21-24-13-6-2-7-14-24;1-25-22(24)20-13-8-14-21(15-20)23(16-18-9-4-2-5-10-18)17-19-11-6-3-7-12-19;23-17-20-12-7-13-21(14-20)22(15-18-8-3-1-4-9-18)16-19-10-5-2-6-11-19/h1-9,11-16,26-27H,10,17-22H2;2-7,9-12,20-21H,8,13-17H2,1H3;1-6,8-11,20-21,23H,7,12-17H2. The molecule has 6 atom stereocenters. The van der Waals surface area contributed by atoms with E-state index in [2.05, 4.69) is 197 Å². The summed E-state index contributed by atoms with van der Waals surface area (Å²) in [4.78, 5) is 32.5. The molecule has 0 radical (unpaired) electrons. The Hall–Kier alpha value is -6.68. The quantitative estimate of drug-likeness (QED) is 0.0756. The summed E-state index contributed by atoms with van der Waals surface area (Å²) in [6.45, 7) is 6.28. The molecular formula is C71H85N3O5. The molecule has 8 heteroatoms. The van der Waals surface area contributed by atoms with E-state index >= 15 is 0 Å². The Morgan fingerprint density at radius 1 is 0.380 bits per heavy atom. The molecule has 79 heavy (non-hydrogen) atoms. The monoisotopic (exact) mass is 1060 g/mol. The summed E-state index contributed by atoms with van der Waals surface area (Å²) in [5.41, 5.74) is 9.04. The molecule has 7 aromatic rings. The fourth-order valence-corrected chi connectivity index (χ4v) is 12.0. The molecule has 7 aromatic carbocycles. The van der Waals surface area contributed by atoms with Crippen LogP contribution in [0.15, 0.2) is 212 Å². The second-order valence-electron chi connectivity index (χ2n) is 22.1. The minimum Gasteiger partial charge on any atom is -0.469 e. The van der Waals surface area contributed by atoms with Crippen molar-refractivity contribution in [1.29, 1.82) is 0 Å². The number of aliphatic hydroxyl groups excluding tert-OH is 1. The van der Waals surface area contributed by atoms with Gasteiger partial charge in [0.2, 0.25) is 0 Å². The second-order valence-corrected chi connectivity index (χ2v) is 22.1. The molecule has 0 aromatic heterocycles. The van der Waals surface area contributed by atoms with Crippen molar-refractivity contribution < 1.29 is 24.2 Å². The van der Waals surface area contributed by atoms with E-state index in [0.29, 0.717) is 37.3 Å². The number of aliphatic hydroxyl groups is 1. The van der Waals surface area contributed by atoms with E-state index in [4.69, 9.17) is 9.47 Å². The molecule has 0 saturated heterocycles. The predicted octanol–water partition coefficient (Wildman–Crippen LogP) is 14.7. The summed E-state index contributed by atoms with van der Waals surface area (Å²) in [5.74, 6) is 0.397. The van der Waals surface area contributed by atoms with Crippen LogP contribution < -0.4 is 0 Å². The van der Waals surface area contributed by atoms with Crippen LogP contribution in [0.1, 0.15) is 116 Å². The Kier molecular flexibility index (Phi) is 24.0. The molecule has 6 unspecified atom stereocenters. The third-order valence-electron chi connectivity index (χ3n) is 16.3. The van der Waals surface area contributed by atoms with Crippen molar-refractivity contribution in [3.8, 4) is 0 Å². The maximum absolute atomic E-state index is 12.8. The number of rotatable bonds is 20. The molecule has 0 spiro atoms. The third kappa shape index (κ3) is 19.6. The van der Waals surface area contributed by atoms with E-state index in [1.807, 2.05) is 30.3 Å². The van der Waals surface area contributed by atoms with Gasteiger partial charge in [-0.05, 0) is 103 Å². The summed E-state index contributed by atoms with van der Waals surface area (Å²) >= 11 is 0. The number of esters is 2. The highest BCUT2D eigenvalue weighted by molar-refractivity contribution is 5.73. The van der Waals surface area contributed by atoms with Gasteiger partial charge in [-0.3, -0.25) is 24.3 Å². The van der Waals surface area contributed by atoms with E-state index < -0.39 is 0 Å². The Morgan fingerprint density at radius 2 is 0.658 bits per heavy atom. The van der Waals surface area contributed by atoms with Crippen molar-refractivity contribution in [1.82, 2.24) is 14.7 Å². The van der Waals surface area contributed by atoms with Crippen LogP contribution in [0.4, 0.5) is 0 Å². The number of hydrogen-bond acceptors (Lipinski definition) is 8. The highest BCUT2D eigenvalue weighted by Crippen LogP contribution is 2.33. The molecule has 10 rings (SSSR count). The van der Waals surface area contributed by atoms with Gasteiger partial charge in [-0.2, -0.15) is 0 Å². The van der Waals surface area contributed by atoms with E-state index in [1.165, 1.54) is 59.8 Å². The van der Waals surface area contributed by atoms with Crippen LogP contribution >= 0.6 is 0 Å². The van der Waals surface area contributed by atoms with E-state index in [1.54, 1.807) is 0 Å². The Balaban J connectivity index is 0.000000158. The maximum Gasteiger partial charge on any atom is 0.309 e. The summed E-state index contributed by atoms with van der Waals surface area (Å²) < 4.78 is 10.7. The lowest BCUT2D eigenvalue weighted by molar-refractivity contribution is -0.152. The predicted molar refractivity (Wildman–Crippen MR) is 319 cm³/mol. The van der Waals surface area contributed by atoms with Crippen LogP contribution in [-0.4, -0.2) is 63.6 Å². The Morgan fingerprint density at radius 3 is 0.962 bits per heavy atom. The normalized spacial score (nSPS) is 20.0. The van der Waals surface area contributed by atoms with E-state index in [0.717, 1.165) is 103 Å². The highest BCUT2D eigenvalue weighted by Gasteiger charge is 2.33. The lowest BCUT2D eigenvalue weighted by Gasteiger charge is -2.37. The van der Waals surface area contributed by atoms with Crippen LogP contribution in [-0.2, 0) is 64.9 Å². The Labute approximate surface area is 472 Å². The first-order chi connectivity index (χ1) is 38.9. The van der Waals surface area contributed by atoms with Crippen LogP contribution in [0.3, 0.4) is 0 Å². The highest BCUT2D eigenvalue weighted by atomic mass is 16.5. The fourth-order valence-electron chi connectivity index (χ4n) is 12.0. The van der Waals surface area contributed by atoms with Crippen LogP contribution in [0.5, 0.6) is 0 Å². The lowest BCUT2D eigenvalue weighted by atomic mass is 9.84. The van der Waals surface area contributed by atoms with Crippen molar-refractivity contribution in [3.63, 3.8) is 0 Å². The van der Waals surface area contributed by atoms with Crippen molar-refractivity contribution >= 4 is 11.9 Å². The van der Waals surface area contributed by atoms with Crippen molar-refractivity contribution in [2.75, 3.05) is 13.7 Å². The van der Waals surface area contributed by atoms with Gasteiger partial charge in [0, 0.05) is 64.0 Å². The zero-order valence-electron chi connectivity index (χ0n) is 46.7. The molecule has 0 bridgehead atoms. The van der Waals surface area contributed by atoms with E-state index in [-0.39, 0.29) is 23.8 Å². The number of ether oxygens (including phenoxy) is 2. The number of benzene rings is 7. The van der Waals surface area contributed by atoms with Gasteiger partial charge in [0.15, 0.2) is 0 Å². The topological polar surface area (TPSA) is 82.5 Å². The second kappa shape index (κ2) is 32.4. The number of carbonyl (C=O) groups is 2. The first-order valence-corrected chi connectivity index (χ1v) is 29.2. The van der Waals surface area contributed by atoms with Crippen molar-refractivity contribution in [2.24, 2.45) is 17.8 Å². The number of nitrogens with zero attached hydrogens (tertiary/aromatic N) is 3. The molecule has 414 valence electrons. The first kappa shape index (κ1) is 58.5. The van der Waals surface area contributed by atoms with Gasteiger partial charge in [0.1, 0.15) is 6.61 Å². The number of methoxy groups -OCH3 is 1. The minimum atomic E-state index is -0.0518. The summed E-state index contributed by atoms with van der Waals surface area (Å²) in [5, 5.41) is 9.55. The average molecular weight is 1060 g/mol. The van der Waals surface area contributed by atoms with Crippen LogP contribution in [0.25, 0.3) is 0 Å². The zero-order valence-corrected chi connectivity index (χ0v) is 46.7. The minimum absolute atomic E-state index is 0.0171. The molecule has 0 aliphatic heterocycles. The first-order valence-electron chi connectivity index (χ1n) is 29.2. The largest absolute Gasteiger partial charge is 0.469 e. The van der Waals surface area contributed by atoms with E-state index in [9.17, 15) is 14.7 Å². The molecular weight excluding hydrogens is 975 g/mol. The van der Waals surface area contributed by atoms with Gasteiger partial charge >= 0.3 is 11.9 Å². The van der Waals surface area contributed by atoms with Gasteiger partial charge in [0.25, 0.3) is 0 Å². The number of carbonyl (C=O) groups excluding carboxylic acids is 2. The van der Waals surface area contributed by atoms with Crippen molar-refractivity contribution in [3.05, 3.63) is 251 Å². The van der Waals surface area contributed by atoms with Gasteiger partial charge < -0.3 is 14.6 Å². The molecule has 0 heterocycles. The SMILES string of the molecule is COC(=O)C1CCCC(N(Cc2ccccc2)Cc2ccccc2)C1.O=C(OCc1ccccc1)C1CCCC(N(Cc2ccccc2)Cc2ccccc2)C1.OCC1CCCC(N(Cc2ccccc2)Cc2ccccc2)C1. The molecule has 3 aliphatic carbocycles. The fraction of sp³-hybridized carbons (Fsp3) is 0.380. The third-order valence-corrected chi connectivity index (χ3v) is 16.3. The summed E-state index contributed by atoms with van der Waals surface area (Å²) in [6, 6.07) is 75.2. The van der Waals surface area contributed by atoms with Gasteiger partial charge in [-0.25, -0.2) is 0 Å². The van der Waals surface area contributed by atoms with Gasteiger partial charge in [0.05, 0.1) is 18.9 Å². The molecule has 3 aliphatic rings. The Bertz CT molecular complexity index is 2630. The van der Waals surface area contributed by atoms with Gasteiger partial charge in [-0.15, -0.1) is 0 Å². The average Bonchev–Trinajstić information content (AvgIpc) is 3.52. The maximum atomic E-state index is 12.8. The van der Waals surface area contributed by atoms with Gasteiger partial charge in [-0.1, -0.05) is 232 Å². The van der Waals surface area contributed by atoms with Crippen LogP contribution in [0.2, 0.25) is 0 Å². The molecule has 8 nitrogen and oxygen atoms in total. The number of hydrogen-bond donors (Lipinski definition) is 1. The molecule has 3 fully saturated rings. The molecule has 1 N–H and O–H groups in total. The van der Waals surface area contributed by atoms with Crippen molar-refractivity contribution in [2.45, 2.75) is 141 Å². The summed E-state index contributed by atoms with van der Waals surface area (Å²) in [7, 11) is 1.50. The smallest absolute Gasteiger partial charge is 0.309 e. The zero-order chi connectivity index (χ0) is 54.7. The molecule has 3 saturated carbocycles. The van der Waals surface area contributed by atoms with Crippen LogP contribution in [0, 0.1) is 17.8 Å². The molecule has 0 amide bonds. The summed E-state index contributed by atoms with van der Waals surface area (Å²) in [6.07, 6.45) is 12.8.